The van der Waals surface area contributed by atoms with Crippen LogP contribution in [0.5, 0.6) is 0 Å². The van der Waals surface area contributed by atoms with Crippen LogP contribution in [-0.2, 0) is 21.9 Å². The Bertz CT molecular complexity index is 1270. The average molecular weight is 498 g/mol. The summed E-state index contributed by atoms with van der Waals surface area (Å²) in [7, 11) is -4.15. The van der Waals surface area contributed by atoms with Gasteiger partial charge in [-0.3, -0.25) is 4.79 Å². The highest BCUT2D eigenvalue weighted by Crippen LogP contribution is 2.43. The molecular weight excluding hydrogens is 462 g/mol. The number of carbonyl (C=O) groups excluding carboxylic acids is 1. The van der Waals surface area contributed by atoms with E-state index in [2.05, 4.69) is 47.6 Å². The lowest BCUT2D eigenvalue weighted by atomic mass is 9.75. The fourth-order valence-electron chi connectivity index (χ4n) is 5.99. The van der Waals surface area contributed by atoms with Gasteiger partial charge >= 0.3 is 0 Å². The number of rotatable bonds is 0. The first-order chi connectivity index (χ1) is 16.5. The van der Waals surface area contributed by atoms with Crippen molar-refractivity contribution in [3.05, 3.63) is 41.1 Å². The quantitative estimate of drug-likeness (QED) is 0.566. The first kappa shape index (κ1) is 24.0. The molecule has 2 aromatic heterocycles. The van der Waals surface area contributed by atoms with Crippen molar-refractivity contribution in [2.45, 2.75) is 82.2 Å². The largest absolute Gasteiger partial charge is 0.370 e. The summed E-state index contributed by atoms with van der Waals surface area (Å²) in [6.45, 7) is 10.3. The van der Waals surface area contributed by atoms with Gasteiger partial charge in [0.05, 0.1) is 11.3 Å². The van der Waals surface area contributed by atoms with Crippen LogP contribution in [0.4, 0.5) is 11.6 Å². The number of amides is 1. The van der Waals surface area contributed by atoms with E-state index in [-0.39, 0.29) is 16.0 Å². The maximum atomic E-state index is 13.6. The van der Waals surface area contributed by atoms with Crippen molar-refractivity contribution in [2.24, 2.45) is 5.92 Å². The molecule has 1 fully saturated rings. The van der Waals surface area contributed by atoms with Gasteiger partial charge in [-0.05, 0) is 82.1 Å². The summed E-state index contributed by atoms with van der Waals surface area (Å²) in [4.78, 5) is 25.2. The third kappa shape index (κ3) is 4.50. The van der Waals surface area contributed by atoms with Crippen molar-refractivity contribution in [1.82, 2.24) is 14.7 Å². The van der Waals surface area contributed by atoms with E-state index >= 15 is 0 Å². The topological polar surface area (TPSA) is 104 Å². The third-order valence-electron chi connectivity index (χ3n) is 7.75. The summed E-state index contributed by atoms with van der Waals surface area (Å²) in [5, 5.41) is 3.05. The molecule has 3 aliphatic rings. The molecule has 4 bridgehead atoms. The summed E-state index contributed by atoms with van der Waals surface area (Å²) in [6, 6.07) is 6.67. The fourth-order valence-corrected chi connectivity index (χ4v) is 6.92. The second kappa shape index (κ2) is 8.47. The lowest BCUT2D eigenvalue weighted by molar-refractivity contribution is 0.0981. The molecule has 0 saturated carbocycles. The van der Waals surface area contributed by atoms with E-state index in [4.69, 9.17) is 4.98 Å². The van der Waals surface area contributed by atoms with Gasteiger partial charge in [0.25, 0.3) is 15.9 Å². The Hall–Kier alpha value is -2.68. The van der Waals surface area contributed by atoms with Crippen molar-refractivity contribution in [3.8, 4) is 0 Å². The SMILES string of the molecule is CC1(C)CCCc2cc3c(nc21)N1C[C@@H](CCCNc2cccc(n2)S(=O)(=O)NC3=O)CC1(C)C. The number of hydrogen-bond donors (Lipinski definition) is 2. The number of aromatic nitrogens is 2. The van der Waals surface area contributed by atoms with Crippen LogP contribution in [0.25, 0.3) is 0 Å². The summed E-state index contributed by atoms with van der Waals surface area (Å²) >= 11 is 0. The molecule has 188 valence electrons. The number of carbonyl (C=O) groups is 1. The molecule has 1 amide bonds. The molecule has 2 N–H and O–H groups in total. The zero-order valence-corrected chi connectivity index (χ0v) is 21.8. The Balaban J connectivity index is 1.66. The molecule has 8 nitrogen and oxygen atoms in total. The van der Waals surface area contributed by atoms with E-state index in [1.807, 2.05) is 6.07 Å². The van der Waals surface area contributed by atoms with Gasteiger partial charge in [-0.25, -0.2) is 14.7 Å². The monoisotopic (exact) mass is 497 g/mol. The minimum atomic E-state index is -4.15. The first-order valence-electron chi connectivity index (χ1n) is 12.6. The van der Waals surface area contributed by atoms with E-state index in [1.54, 1.807) is 12.1 Å². The predicted molar refractivity (Wildman–Crippen MR) is 136 cm³/mol. The molecule has 35 heavy (non-hydrogen) atoms. The Morgan fingerprint density at radius 1 is 1.11 bits per heavy atom. The Morgan fingerprint density at radius 2 is 1.91 bits per heavy atom. The molecule has 1 aliphatic carbocycles. The van der Waals surface area contributed by atoms with E-state index in [0.29, 0.717) is 29.7 Å². The lowest BCUT2D eigenvalue weighted by Gasteiger charge is -2.37. The summed E-state index contributed by atoms with van der Waals surface area (Å²) in [5.74, 6) is 0.880. The smallest absolute Gasteiger partial charge is 0.281 e. The van der Waals surface area contributed by atoms with Gasteiger partial charge in [-0.2, -0.15) is 8.42 Å². The summed E-state index contributed by atoms with van der Waals surface area (Å²) in [5.41, 5.74) is 2.08. The minimum absolute atomic E-state index is 0.0958. The fraction of sp³-hybridized carbons (Fsp3) is 0.577. The average Bonchev–Trinajstić information content (AvgIpc) is 3.09. The molecule has 1 atom stereocenters. The molecule has 4 heterocycles. The van der Waals surface area contributed by atoms with E-state index in [1.165, 1.54) is 6.07 Å². The van der Waals surface area contributed by atoms with Crippen LogP contribution < -0.4 is 14.9 Å². The Kier molecular flexibility index (Phi) is 5.81. The highest BCUT2D eigenvalue weighted by Gasteiger charge is 2.42. The normalized spacial score (nSPS) is 24.7. The number of anilines is 2. The number of fused-ring (bicyclic) bond motifs is 7. The van der Waals surface area contributed by atoms with Crippen LogP contribution >= 0.6 is 0 Å². The molecule has 9 heteroatoms. The standard InChI is InChI=1S/C26H35N5O3S/c1-25(2)12-6-9-18-14-19-23(29-22(18)25)31-16-17(15-26(31,3)4)8-7-13-27-20-10-5-11-21(28-20)35(33,34)30-24(19)32/h5,10-11,14,17H,6-9,12-13,15-16H2,1-4H3,(H,27,28)(H,30,32)/t17-/m0/s1. The highest BCUT2D eigenvalue weighted by molar-refractivity contribution is 7.90. The zero-order valence-electron chi connectivity index (χ0n) is 21.0. The van der Waals surface area contributed by atoms with Crippen molar-refractivity contribution in [1.29, 1.82) is 0 Å². The number of pyridine rings is 2. The number of sulfonamides is 1. The van der Waals surface area contributed by atoms with Crippen molar-refractivity contribution < 1.29 is 13.2 Å². The number of aryl methyl sites for hydroxylation is 1. The van der Waals surface area contributed by atoms with Gasteiger partial charge in [-0.15, -0.1) is 0 Å². The van der Waals surface area contributed by atoms with Crippen molar-refractivity contribution >= 4 is 27.6 Å². The molecule has 5 rings (SSSR count). The molecule has 2 aliphatic heterocycles. The van der Waals surface area contributed by atoms with Crippen LogP contribution in [0.15, 0.2) is 29.3 Å². The second-order valence-corrected chi connectivity index (χ2v) is 13.1. The first-order valence-corrected chi connectivity index (χ1v) is 14.0. The maximum Gasteiger partial charge on any atom is 0.281 e. The maximum absolute atomic E-state index is 13.6. The van der Waals surface area contributed by atoms with Crippen LogP contribution in [0, 0.1) is 5.92 Å². The molecular formula is C26H35N5O3S. The lowest BCUT2D eigenvalue weighted by Crippen LogP contribution is -2.42. The van der Waals surface area contributed by atoms with Gasteiger partial charge in [-0.1, -0.05) is 19.9 Å². The van der Waals surface area contributed by atoms with E-state index in [9.17, 15) is 13.2 Å². The van der Waals surface area contributed by atoms with Gasteiger partial charge in [0, 0.05) is 24.0 Å². The van der Waals surface area contributed by atoms with Crippen LogP contribution in [0.1, 0.15) is 81.4 Å². The van der Waals surface area contributed by atoms with E-state index in [0.717, 1.165) is 56.3 Å². The number of hydrogen-bond acceptors (Lipinski definition) is 7. The van der Waals surface area contributed by atoms with Crippen molar-refractivity contribution in [2.75, 3.05) is 23.3 Å². The Labute approximate surface area is 208 Å². The second-order valence-electron chi connectivity index (χ2n) is 11.5. The van der Waals surface area contributed by atoms with Gasteiger partial charge < -0.3 is 10.2 Å². The van der Waals surface area contributed by atoms with Crippen LogP contribution in [-0.4, -0.2) is 42.9 Å². The van der Waals surface area contributed by atoms with Gasteiger partial charge in [0.2, 0.25) is 0 Å². The minimum Gasteiger partial charge on any atom is -0.370 e. The molecule has 1 saturated heterocycles. The Morgan fingerprint density at radius 3 is 2.71 bits per heavy atom. The number of nitrogens with zero attached hydrogens (tertiary/aromatic N) is 3. The molecule has 0 radical (unpaired) electrons. The van der Waals surface area contributed by atoms with Gasteiger partial charge in [0.1, 0.15) is 11.6 Å². The molecule has 0 unspecified atom stereocenters. The zero-order chi connectivity index (χ0) is 25.0. The van der Waals surface area contributed by atoms with Crippen LogP contribution in [0.3, 0.4) is 0 Å². The van der Waals surface area contributed by atoms with Crippen LogP contribution in [0.2, 0.25) is 0 Å². The summed E-state index contributed by atoms with van der Waals surface area (Å²) < 4.78 is 28.6. The molecule has 0 spiro atoms. The van der Waals surface area contributed by atoms with Gasteiger partial charge in [0.15, 0.2) is 5.03 Å². The summed E-state index contributed by atoms with van der Waals surface area (Å²) in [6.07, 6.45) is 5.85. The molecule has 0 aromatic carbocycles. The van der Waals surface area contributed by atoms with E-state index < -0.39 is 15.9 Å². The number of nitrogens with one attached hydrogen (secondary N) is 2. The molecule has 2 aromatic rings. The third-order valence-corrected chi connectivity index (χ3v) is 8.98. The highest BCUT2D eigenvalue weighted by atomic mass is 32.2. The van der Waals surface area contributed by atoms with Crippen molar-refractivity contribution in [3.63, 3.8) is 0 Å². The predicted octanol–water partition coefficient (Wildman–Crippen LogP) is 4.02.